The van der Waals surface area contributed by atoms with Crippen LogP contribution in [0.4, 0.5) is 0 Å². The first-order valence-electron chi connectivity index (χ1n) is 27.1. The van der Waals surface area contributed by atoms with Crippen molar-refractivity contribution in [2.24, 2.45) is 17.8 Å². The van der Waals surface area contributed by atoms with E-state index in [1.165, 1.54) is 225 Å². The van der Waals surface area contributed by atoms with Crippen LogP contribution in [0.3, 0.4) is 0 Å². The van der Waals surface area contributed by atoms with E-state index in [1.807, 2.05) is 0 Å². The Balaban J connectivity index is 2.15. The van der Waals surface area contributed by atoms with Crippen molar-refractivity contribution in [2.45, 2.75) is 285 Å². The second kappa shape index (κ2) is 43.5. The molecule has 0 amide bonds. The Bertz CT molecular complexity index is 808. The summed E-state index contributed by atoms with van der Waals surface area (Å²) in [5.41, 5.74) is 0. The van der Waals surface area contributed by atoms with Gasteiger partial charge in [-0.15, -0.1) is 0 Å². The molecule has 5 nitrogen and oxygen atoms in total. The van der Waals surface area contributed by atoms with Crippen molar-refractivity contribution in [1.82, 2.24) is 4.90 Å². The van der Waals surface area contributed by atoms with Gasteiger partial charge in [-0.3, -0.25) is 9.59 Å². The number of unbranched alkanes of at least 4 members (excludes halogenated alkanes) is 20. The van der Waals surface area contributed by atoms with Crippen LogP contribution in [0.5, 0.6) is 0 Å². The van der Waals surface area contributed by atoms with Gasteiger partial charge in [-0.05, 0) is 82.3 Å². The molecule has 0 atom stereocenters. The fourth-order valence-corrected chi connectivity index (χ4v) is 9.57. The molecule has 0 aromatic heterocycles. The van der Waals surface area contributed by atoms with Crippen LogP contribution in [0.2, 0.25) is 0 Å². The van der Waals surface area contributed by atoms with Crippen molar-refractivity contribution < 1.29 is 19.1 Å². The summed E-state index contributed by atoms with van der Waals surface area (Å²) in [4.78, 5) is 27.5. The van der Waals surface area contributed by atoms with Gasteiger partial charge in [0, 0.05) is 12.8 Å². The predicted octanol–water partition coefficient (Wildman–Crippen LogP) is 16.9. The molecule has 1 saturated heterocycles. The Morgan fingerprint density at radius 3 is 1.03 bits per heavy atom. The highest BCUT2D eigenvalue weighted by Crippen LogP contribution is 2.25. The van der Waals surface area contributed by atoms with E-state index in [9.17, 15) is 9.59 Å². The van der Waals surface area contributed by atoms with E-state index in [-0.39, 0.29) is 11.9 Å². The van der Waals surface area contributed by atoms with Gasteiger partial charge in [0.05, 0.1) is 13.2 Å². The molecule has 1 rings (SSSR count). The highest BCUT2D eigenvalue weighted by atomic mass is 16.5. The summed E-state index contributed by atoms with van der Waals surface area (Å²) in [6.45, 7) is 14.3. The molecule has 0 N–H and O–H groups in total. The van der Waals surface area contributed by atoms with Crippen LogP contribution in [0.15, 0.2) is 0 Å². The SMILES string of the molecule is CCCCCC(CCCCC)CCOC(=O)CCCCCCCCCC(CCCCCCCCCC(=O)OCCC(CCCCC)CCCCC)CCN1CCCCC1. The number of carbonyl (C=O) groups is 2. The minimum Gasteiger partial charge on any atom is -0.466 e. The highest BCUT2D eigenvalue weighted by Gasteiger charge is 2.15. The molecule has 0 aliphatic carbocycles. The molecule has 59 heavy (non-hydrogen) atoms. The van der Waals surface area contributed by atoms with Crippen molar-refractivity contribution in [3.8, 4) is 0 Å². The minimum absolute atomic E-state index is 0.0279. The maximum Gasteiger partial charge on any atom is 0.305 e. The molecule has 1 heterocycles. The summed E-state index contributed by atoms with van der Waals surface area (Å²) in [7, 11) is 0. The van der Waals surface area contributed by atoms with E-state index in [2.05, 4.69) is 32.6 Å². The van der Waals surface area contributed by atoms with Gasteiger partial charge in [0.25, 0.3) is 0 Å². The van der Waals surface area contributed by atoms with Gasteiger partial charge in [0.2, 0.25) is 0 Å². The third-order valence-corrected chi connectivity index (χ3v) is 13.7. The zero-order valence-electron chi connectivity index (χ0n) is 40.6. The van der Waals surface area contributed by atoms with Crippen LogP contribution in [0, 0.1) is 17.8 Å². The topological polar surface area (TPSA) is 55.8 Å². The van der Waals surface area contributed by atoms with Crippen molar-refractivity contribution >= 4 is 11.9 Å². The molecule has 0 unspecified atom stereocenters. The van der Waals surface area contributed by atoms with E-state index in [1.54, 1.807) is 0 Å². The van der Waals surface area contributed by atoms with Crippen LogP contribution in [-0.2, 0) is 19.1 Å². The minimum atomic E-state index is 0.0279. The highest BCUT2D eigenvalue weighted by molar-refractivity contribution is 5.69. The molecule has 5 heteroatoms. The fraction of sp³-hybridized carbons (Fsp3) is 0.963. The maximum atomic E-state index is 12.4. The summed E-state index contributed by atoms with van der Waals surface area (Å²) in [6, 6.07) is 0. The Labute approximate surface area is 369 Å². The van der Waals surface area contributed by atoms with E-state index < -0.39 is 0 Å². The zero-order chi connectivity index (χ0) is 42.7. The first-order chi connectivity index (χ1) is 29.0. The predicted molar refractivity (Wildman–Crippen MR) is 256 cm³/mol. The fourth-order valence-electron chi connectivity index (χ4n) is 9.57. The molecule has 1 aliphatic rings. The largest absolute Gasteiger partial charge is 0.466 e. The molecular weight excluding hydrogens is 727 g/mol. The van der Waals surface area contributed by atoms with Crippen LogP contribution in [-0.4, -0.2) is 49.7 Å². The maximum absolute atomic E-state index is 12.4. The summed E-state index contributed by atoms with van der Waals surface area (Å²) in [6.07, 6.45) is 50.3. The Morgan fingerprint density at radius 2 is 0.678 bits per heavy atom. The smallest absolute Gasteiger partial charge is 0.305 e. The number of piperidine rings is 1. The van der Waals surface area contributed by atoms with Gasteiger partial charge in [0.15, 0.2) is 0 Å². The molecule has 0 aromatic carbocycles. The lowest BCUT2D eigenvalue weighted by Gasteiger charge is -2.28. The molecule has 0 saturated carbocycles. The van der Waals surface area contributed by atoms with E-state index in [0.29, 0.717) is 26.1 Å². The summed E-state index contributed by atoms with van der Waals surface area (Å²) < 4.78 is 11.3. The molecule has 350 valence electrons. The number of esters is 2. The molecule has 0 spiro atoms. The van der Waals surface area contributed by atoms with Gasteiger partial charge in [-0.25, -0.2) is 0 Å². The number of ether oxygens (including phenoxy) is 2. The van der Waals surface area contributed by atoms with Crippen molar-refractivity contribution in [1.29, 1.82) is 0 Å². The second-order valence-corrected chi connectivity index (χ2v) is 19.3. The third-order valence-electron chi connectivity index (χ3n) is 13.7. The van der Waals surface area contributed by atoms with Gasteiger partial charge < -0.3 is 14.4 Å². The van der Waals surface area contributed by atoms with E-state index in [4.69, 9.17) is 9.47 Å². The first kappa shape index (κ1) is 55.9. The van der Waals surface area contributed by atoms with Gasteiger partial charge in [-0.1, -0.05) is 227 Å². The van der Waals surface area contributed by atoms with E-state index >= 15 is 0 Å². The molecule has 1 aliphatic heterocycles. The summed E-state index contributed by atoms with van der Waals surface area (Å²) in [5.74, 6) is 2.41. The quantitative estimate of drug-likeness (QED) is 0.0452. The zero-order valence-corrected chi connectivity index (χ0v) is 40.6. The lowest BCUT2D eigenvalue weighted by Crippen LogP contribution is -2.31. The molecular formula is C54H105NO4. The third kappa shape index (κ3) is 37.2. The van der Waals surface area contributed by atoms with Gasteiger partial charge in [-0.2, -0.15) is 0 Å². The number of carbonyl (C=O) groups excluding carboxylic acids is 2. The molecule has 0 bridgehead atoms. The van der Waals surface area contributed by atoms with Crippen LogP contribution in [0.25, 0.3) is 0 Å². The van der Waals surface area contributed by atoms with Crippen LogP contribution >= 0.6 is 0 Å². The summed E-state index contributed by atoms with van der Waals surface area (Å²) in [5, 5.41) is 0. The average molecular weight is 832 g/mol. The lowest BCUT2D eigenvalue weighted by atomic mass is 9.91. The van der Waals surface area contributed by atoms with Gasteiger partial charge in [0.1, 0.15) is 0 Å². The van der Waals surface area contributed by atoms with E-state index in [0.717, 1.165) is 56.3 Å². The Kier molecular flexibility index (Phi) is 41.3. The normalized spacial score (nSPS) is 13.6. The standard InChI is InChI=1S/C54H105NO4/c1-5-9-24-34-51(35-25-10-6-2)43-48-58-53(56)40-30-21-17-13-15-19-28-38-50(42-47-55-45-32-23-33-46-55)39-29-20-16-14-18-22-31-41-54(57)59-49-44-52(36-26-11-7-3)37-27-12-8-4/h50-52H,5-49H2,1-4H3. The Morgan fingerprint density at radius 1 is 0.373 bits per heavy atom. The van der Waals surface area contributed by atoms with Gasteiger partial charge >= 0.3 is 11.9 Å². The van der Waals surface area contributed by atoms with Crippen LogP contribution in [0.1, 0.15) is 285 Å². The number of nitrogens with zero attached hydrogens (tertiary/aromatic N) is 1. The number of hydrogen-bond acceptors (Lipinski definition) is 5. The molecule has 0 radical (unpaired) electrons. The first-order valence-corrected chi connectivity index (χ1v) is 27.1. The molecule has 0 aromatic rings. The molecule has 1 fully saturated rings. The Hall–Kier alpha value is -1.10. The average Bonchev–Trinajstić information content (AvgIpc) is 3.24. The number of hydrogen-bond donors (Lipinski definition) is 0. The van der Waals surface area contributed by atoms with Crippen molar-refractivity contribution in [3.63, 3.8) is 0 Å². The second-order valence-electron chi connectivity index (χ2n) is 19.3. The van der Waals surface area contributed by atoms with Crippen molar-refractivity contribution in [2.75, 3.05) is 32.8 Å². The number of rotatable bonds is 45. The summed E-state index contributed by atoms with van der Waals surface area (Å²) >= 11 is 0. The van der Waals surface area contributed by atoms with Crippen LogP contribution < -0.4 is 0 Å². The monoisotopic (exact) mass is 832 g/mol. The van der Waals surface area contributed by atoms with Crippen molar-refractivity contribution in [3.05, 3.63) is 0 Å². The lowest BCUT2D eigenvalue weighted by molar-refractivity contribution is -0.145. The number of likely N-dealkylation sites (tertiary alicyclic amines) is 1.